The highest BCUT2D eigenvalue weighted by molar-refractivity contribution is 9.10. The third kappa shape index (κ3) is 4.86. The van der Waals surface area contributed by atoms with Gasteiger partial charge in [0.2, 0.25) is 0 Å². The molecule has 0 saturated carbocycles. The van der Waals surface area contributed by atoms with Crippen molar-refractivity contribution in [2.75, 3.05) is 13.7 Å². The largest absolute Gasteiger partial charge is 0.379 e. The molecule has 4 heteroatoms. The molecule has 0 aliphatic rings. The van der Waals surface area contributed by atoms with Gasteiger partial charge in [-0.3, -0.25) is 0 Å². The smallest absolute Gasteiger partial charge is 0.142 e. The Kier molecular flexibility index (Phi) is 6.43. The summed E-state index contributed by atoms with van der Waals surface area (Å²) in [6.45, 7) is 6.99. The molecule has 108 valence electrons. The van der Waals surface area contributed by atoms with Crippen molar-refractivity contribution in [2.45, 2.75) is 45.3 Å². The summed E-state index contributed by atoms with van der Waals surface area (Å²) in [5, 5.41) is 3.40. The highest BCUT2D eigenvalue weighted by Crippen LogP contribution is 2.30. The standard InChI is InChI=1S/C15H23BrFNO/c1-5-9-18-13(10-15(2,3)19-4)11-7-6-8-12(16)14(11)17/h6-8,13,18H,5,9-10H2,1-4H3. The van der Waals surface area contributed by atoms with Crippen LogP contribution in [0.3, 0.4) is 0 Å². The Bertz CT molecular complexity index is 409. The van der Waals surface area contributed by atoms with Crippen molar-refractivity contribution in [2.24, 2.45) is 0 Å². The van der Waals surface area contributed by atoms with Gasteiger partial charge in [-0.1, -0.05) is 19.1 Å². The van der Waals surface area contributed by atoms with E-state index in [1.807, 2.05) is 26.0 Å². The van der Waals surface area contributed by atoms with Crippen LogP contribution in [0.4, 0.5) is 4.39 Å². The van der Waals surface area contributed by atoms with Gasteiger partial charge in [0.1, 0.15) is 5.82 Å². The van der Waals surface area contributed by atoms with E-state index in [1.54, 1.807) is 13.2 Å². The summed E-state index contributed by atoms with van der Waals surface area (Å²) >= 11 is 3.25. The molecule has 0 amide bonds. The fourth-order valence-electron chi connectivity index (χ4n) is 1.98. The number of hydrogen-bond donors (Lipinski definition) is 1. The van der Waals surface area contributed by atoms with Crippen LogP contribution in [0.1, 0.15) is 45.2 Å². The van der Waals surface area contributed by atoms with Crippen molar-refractivity contribution in [3.63, 3.8) is 0 Å². The molecule has 0 fully saturated rings. The van der Waals surface area contributed by atoms with E-state index in [4.69, 9.17) is 4.74 Å². The fourth-order valence-corrected chi connectivity index (χ4v) is 2.36. The highest BCUT2D eigenvalue weighted by atomic mass is 79.9. The Morgan fingerprint density at radius 3 is 2.68 bits per heavy atom. The van der Waals surface area contributed by atoms with Gasteiger partial charge in [0.05, 0.1) is 10.1 Å². The van der Waals surface area contributed by atoms with E-state index >= 15 is 0 Å². The molecule has 19 heavy (non-hydrogen) atoms. The number of rotatable bonds is 7. The Morgan fingerprint density at radius 2 is 2.11 bits per heavy atom. The minimum Gasteiger partial charge on any atom is -0.379 e. The second kappa shape index (κ2) is 7.36. The van der Waals surface area contributed by atoms with E-state index in [9.17, 15) is 4.39 Å². The van der Waals surface area contributed by atoms with Crippen molar-refractivity contribution in [3.8, 4) is 0 Å². The molecular weight excluding hydrogens is 309 g/mol. The maximum Gasteiger partial charge on any atom is 0.142 e. The van der Waals surface area contributed by atoms with Crippen LogP contribution in [-0.2, 0) is 4.74 Å². The van der Waals surface area contributed by atoms with Gasteiger partial charge in [-0.2, -0.15) is 0 Å². The quantitative estimate of drug-likeness (QED) is 0.797. The number of ether oxygens (including phenoxy) is 1. The molecule has 0 heterocycles. The van der Waals surface area contributed by atoms with Crippen molar-refractivity contribution in [3.05, 3.63) is 34.1 Å². The van der Waals surface area contributed by atoms with Crippen LogP contribution >= 0.6 is 15.9 Å². The van der Waals surface area contributed by atoms with E-state index in [0.29, 0.717) is 10.0 Å². The lowest BCUT2D eigenvalue weighted by molar-refractivity contribution is 0.00658. The average Bonchev–Trinajstić information content (AvgIpc) is 2.38. The second-order valence-electron chi connectivity index (χ2n) is 5.32. The second-order valence-corrected chi connectivity index (χ2v) is 6.17. The zero-order chi connectivity index (χ0) is 14.5. The zero-order valence-electron chi connectivity index (χ0n) is 12.1. The highest BCUT2D eigenvalue weighted by Gasteiger charge is 2.25. The minimum absolute atomic E-state index is 0.0487. The van der Waals surface area contributed by atoms with Gasteiger partial charge in [0, 0.05) is 18.7 Å². The molecule has 0 bridgehead atoms. The summed E-state index contributed by atoms with van der Waals surface area (Å²) in [6, 6.07) is 5.37. The van der Waals surface area contributed by atoms with Crippen molar-refractivity contribution in [1.82, 2.24) is 5.32 Å². The molecule has 0 spiro atoms. The number of nitrogens with one attached hydrogen (secondary N) is 1. The van der Waals surface area contributed by atoms with Crippen LogP contribution in [0, 0.1) is 5.82 Å². The lowest BCUT2D eigenvalue weighted by atomic mass is 9.93. The van der Waals surface area contributed by atoms with E-state index in [2.05, 4.69) is 28.2 Å². The van der Waals surface area contributed by atoms with Gasteiger partial charge in [0.25, 0.3) is 0 Å². The number of halogens is 2. The SMILES string of the molecule is CCCNC(CC(C)(C)OC)c1cccc(Br)c1F. The predicted molar refractivity (Wildman–Crippen MR) is 80.8 cm³/mol. The number of hydrogen-bond acceptors (Lipinski definition) is 2. The topological polar surface area (TPSA) is 21.3 Å². The minimum atomic E-state index is -0.292. The molecule has 0 saturated heterocycles. The lowest BCUT2D eigenvalue weighted by Gasteiger charge is -2.30. The summed E-state index contributed by atoms with van der Waals surface area (Å²) in [6.07, 6.45) is 1.73. The fraction of sp³-hybridized carbons (Fsp3) is 0.600. The molecule has 1 rings (SSSR count). The van der Waals surface area contributed by atoms with Crippen LogP contribution in [0.25, 0.3) is 0 Å². The van der Waals surface area contributed by atoms with Gasteiger partial charge in [-0.15, -0.1) is 0 Å². The Morgan fingerprint density at radius 1 is 1.42 bits per heavy atom. The first-order chi connectivity index (χ1) is 8.91. The van der Waals surface area contributed by atoms with Crippen molar-refractivity contribution in [1.29, 1.82) is 0 Å². The van der Waals surface area contributed by atoms with E-state index < -0.39 is 0 Å². The first kappa shape index (κ1) is 16.6. The molecule has 1 N–H and O–H groups in total. The molecule has 0 radical (unpaired) electrons. The Hall–Kier alpha value is -0.450. The summed E-state index contributed by atoms with van der Waals surface area (Å²) < 4.78 is 20.2. The Balaban J connectivity index is 2.99. The summed E-state index contributed by atoms with van der Waals surface area (Å²) in [4.78, 5) is 0. The molecular formula is C15H23BrFNO. The van der Waals surface area contributed by atoms with Gasteiger partial charge < -0.3 is 10.1 Å². The van der Waals surface area contributed by atoms with Crippen LogP contribution in [0.5, 0.6) is 0 Å². The first-order valence-corrected chi connectivity index (χ1v) is 7.43. The molecule has 0 aliphatic heterocycles. The van der Waals surface area contributed by atoms with Crippen LogP contribution in [0.15, 0.2) is 22.7 Å². The van der Waals surface area contributed by atoms with Crippen molar-refractivity contribution >= 4 is 15.9 Å². The van der Waals surface area contributed by atoms with Crippen LogP contribution < -0.4 is 5.32 Å². The van der Waals surface area contributed by atoms with E-state index in [1.165, 1.54) is 0 Å². The van der Waals surface area contributed by atoms with Gasteiger partial charge in [-0.05, 0) is 55.2 Å². The van der Waals surface area contributed by atoms with E-state index in [0.717, 1.165) is 19.4 Å². The average molecular weight is 332 g/mol. The third-order valence-corrected chi connectivity index (χ3v) is 3.86. The van der Waals surface area contributed by atoms with E-state index in [-0.39, 0.29) is 17.5 Å². The monoisotopic (exact) mass is 331 g/mol. The molecule has 1 aromatic carbocycles. The zero-order valence-corrected chi connectivity index (χ0v) is 13.7. The predicted octanol–water partition coefficient (Wildman–Crippen LogP) is 4.44. The molecule has 0 aromatic heterocycles. The van der Waals surface area contributed by atoms with Gasteiger partial charge >= 0.3 is 0 Å². The molecule has 2 nitrogen and oxygen atoms in total. The van der Waals surface area contributed by atoms with Crippen LogP contribution in [0.2, 0.25) is 0 Å². The van der Waals surface area contributed by atoms with Crippen LogP contribution in [-0.4, -0.2) is 19.3 Å². The normalized spacial score (nSPS) is 13.6. The third-order valence-electron chi connectivity index (χ3n) is 3.25. The molecule has 1 unspecified atom stereocenters. The first-order valence-electron chi connectivity index (χ1n) is 6.63. The molecule has 1 atom stereocenters. The lowest BCUT2D eigenvalue weighted by Crippen LogP contribution is -2.33. The number of methoxy groups -OCH3 is 1. The maximum atomic E-state index is 14.2. The number of benzene rings is 1. The summed E-state index contributed by atoms with van der Waals surface area (Å²) in [5.41, 5.74) is 0.396. The molecule has 1 aromatic rings. The molecule has 0 aliphatic carbocycles. The summed E-state index contributed by atoms with van der Waals surface area (Å²) in [7, 11) is 1.69. The maximum absolute atomic E-state index is 14.2. The van der Waals surface area contributed by atoms with Gasteiger partial charge in [0.15, 0.2) is 0 Å². The Labute approximate surface area is 123 Å². The summed E-state index contributed by atoms with van der Waals surface area (Å²) in [5.74, 6) is -0.192. The van der Waals surface area contributed by atoms with Crippen molar-refractivity contribution < 1.29 is 9.13 Å². The van der Waals surface area contributed by atoms with Gasteiger partial charge in [-0.25, -0.2) is 4.39 Å².